The number of methoxy groups -OCH3 is 3. The van der Waals surface area contributed by atoms with Crippen molar-refractivity contribution >= 4 is 11.9 Å². The number of nitrogens with one attached hydrogen (secondary N) is 1. The highest BCUT2D eigenvalue weighted by Crippen LogP contribution is 2.30. The molecule has 0 bridgehead atoms. The molecule has 1 saturated heterocycles. The lowest BCUT2D eigenvalue weighted by Gasteiger charge is -2.33. The molecule has 2 rings (SSSR count). The highest BCUT2D eigenvalue weighted by Gasteiger charge is 2.27. The van der Waals surface area contributed by atoms with E-state index in [1.807, 2.05) is 18.2 Å². The van der Waals surface area contributed by atoms with Crippen molar-refractivity contribution in [2.24, 2.45) is 10.9 Å². The van der Waals surface area contributed by atoms with Crippen LogP contribution in [0.1, 0.15) is 18.4 Å². The van der Waals surface area contributed by atoms with Gasteiger partial charge in [-0.15, -0.1) is 0 Å². The van der Waals surface area contributed by atoms with E-state index in [-0.39, 0.29) is 11.9 Å². The number of rotatable bonds is 5. The molecule has 0 aliphatic carbocycles. The van der Waals surface area contributed by atoms with Gasteiger partial charge in [-0.2, -0.15) is 0 Å². The van der Waals surface area contributed by atoms with Crippen molar-refractivity contribution < 1.29 is 19.0 Å². The third-order valence-corrected chi connectivity index (χ3v) is 4.46. The summed E-state index contributed by atoms with van der Waals surface area (Å²) in [7, 11) is 6.46. The Balaban J connectivity index is 1.97. The lowest BCUT2D eigenvalue weighted by atomic mass is 9.97. The number of hydrogen-bond acceptors (Lipinski definition) is 5. The first kappa shape index (κ1) is 18.9. The average Bonchev–Trinajstić information content (AvgIpc) is 2.67. The van der Waals surface area contributed by atoms with Crippen LogP contribution in [-0.4, -0.2) is 58.3 Å². The van der Waals surface area contributed by atoms with Gasteiger partial charge in [-0.05, 0) is 18.9 Å². The molecular weight excluding hydrogens is 322 g/mol. The van der Waals surface area contributed by atoms with Crippen LogP contribution in [0, 0.1) is 5.92 Å². The predicted molar refractivity (Wildman–Crippen MR) is 96.1 cm³/mol. The number of esters is 1. The fraction of sp³-hybridized carbons (Fsp3) is 0.556. The van der Waals surface area contributed by atoms with Crippen LogP contribution in [0.3, 0.4) is 0 Å². The van der Waals surface area contributed by atoms with Gasteiger partial charge in [0.25, 0.3) is 0 Å². The molecule has 25 heavy (non-hydrogen) atoms. The van der Waals surface area contributed by atoms with Gasteiger partial charge in [-0.1, -0.05) is 12.1 Å². The predicted octanol–water partition coefficient (Wildman–Crippen LogP) is 1.66. The normalized spacial score (nSPS) is 15.7. The summed E-state index contributed by atoms with van der Waals surface area (Å²) >= 11 is 0. The molecule has 0 spiro atoms. The summed E-state index contributed by atoms with van der Waals surface area (Å²) < 4.78 is 15.6. The van der Waals surface area contributed by atoms with Crippen LogP contribution in [0.2, 0.25) is 0 Å². The molecule has 7 heteroatoms. The van der Waals surface area contributed by atoms with E-state index in [0.29, 0.717) is 12.3 Å². The van der Waals surface area contributed by atoms with Gasteiger partial charge in [-0.25, -0.2) is 0 Å². The lowest BCUT2D eigenvalue weighted by molar-refractivity contribution is -0.146. The van der Waals surface area contributed by atoms with Crippen LogP contribution >= 0.6 is 0 Å². The first-order chi connectivity index (χ1) is 12.1. The van der Waals surface area contributed by atoms with E-state index in [9.17, 15) is 4.79 Å². The molecule has 0 radical (unpaired) electrons. The first-order valence-corrected chi connectivity index (χ1v) is 8.37. The molecule has 1 aromatic rings. The standard InChI is InChI=1S/C18H27N3O4/c1-19-18(21-10-8-13(9-11-21)17(22)25-4)20-12-14-6-5-7-15(23-2)16(14)24-3/h5-7,13H,8-12H2,1-4H3,(H,19,20). The molecule has 138 valence electrons. The number of benzene rings is 1. The number of para-hydroxylation sites is 1. The topological polar surface area (TPSA) is 72.4 Å². The molecule has 0 saturated carbocycles. The van der Waals surface area contributed by atoms with Crippen LogP contribution in [0.4, 0.5) is 0 Å². The van der Waals surface area contributed by atoms with Crippen LogP contribution in [0.15, 0.2) is 23.2 Å². The minimum Gasteiger partial charge on any atom is -0.493 e. The maximum Gasteiger partial charge on any atom is 0.308 e. The van der Waals surface area contributed by atoms with Gasteiger partial charge in [0, 0.05) is 32.2 Å². The SMILES string of the molecule is CN=C(NCc1cccc(OC)c1OC)N1CCC(C(=O)OC)CC1. The zero-order valence-corrected chi connectivity index (χ0v) is 15.4. The number of likely N-dealkylation sites (tertiary alicyclic amines) is 1. The molecule has 1 heterocycles. The second-order valence-corrected chi connectivity index (χ2v) is 5.84. The van der Waals surface area contributed by atoms with Crippen molar-refractivity contribution in [3.63, 3.8) is 0 Å². The molecule has 0 amide bonds. The Labute approximate surface area is 149 Å². The van der Waals surface area contributed by atoms with Crippen LogP contribution in [-0.2, 0) is 16.1 Å². The molecule has 1 N–H and O–H groups in total. The Morgan fingerprint density at radius 1 is 1.24 bits per heavy atom. The van der Waals surface area contributed by atoms with Crippen molar-refractivity contribution in [3.05, 3.63) is 23.8 Å². The van der Waals surface area contributed by atoms with Crippen LogP contribution in [0.5, 0.6) is 11.5 Å². The van der Waals surface area contributed by atoms with Gasteiger partial charge in [0.2, 0.25) is 0 Å². The minimum atomic E-state index is -0.122. The second-order valence-electron chi connectivity index (χ2n) is 5.84. The maximum atomic E-state index is 11.6. The largest absolute Gasteiger partial charge is 0.493 e. The van der Waals surface area contributed by atoms with E-state index in [1.165, 1.54) is 7.11 Å². The van der Waals surface area contributed by atoms with Crippen LogP contribution in [0.25, 0.3) is 0 Å². The number of guanidine groups is 1. The summed E-state index contributed by atoms with van der Waals surface area (Å²) in [6, 6.07) is 5.79. The number of carbonyl (C=O) groups excluding carboxylic acids is 1. The van der Waals surface area contributed by atoms with Gasteiger partial charge in [-0.3, -0.25) is 9.79 Å². The van der Waals surface area contributed by atoms with Gasteiger partial charge in [0.05, 0.1) is 27.2 Å². The van der Waals surface area contributed by atoms with Gasteiger partial charge >= 0.3 is 5.97 Å². The molecule has 1 aliphatic heterocycles. The van der Waals surface area contributed by atoms with Gasteiger partial charge in [0.15, 0.2) is 17.5 Å². The van der Waals surface area contributed by atoms with E-state index in [0.717, 1.165) is 43.2 Å². The van der Waals surface area contributed by atoms with Crippen molar-refractivity contribution in [1.82, 2.24) is 10.2 Å². The summed E-state index contributed by atoms with van der Waals surface area (Å²) in [4.78, 5) is 18.2. The van der Waals surface area contributed by atoms with E-state index in [1.54, 1.807) is 21.3 Å². The van der Waals surface area contributed by atoms with E-state index < -0.39 is 0 Å². The van der Waals surface area contributed by atoms with Gasteiger partial charge in [0.1, 0.15) is 0 Å². The van der Waals surface area contributed by atoms with Crippen molar-refractivity contribution in [1.29, 1.82) is 0 Å². The fourth-order valence-electron chi connectivity index (χ4n) is 3.09. The van der Waals surface area contributed by atoms with E-state index >= 15 is 0 Å². The Bertz CT molecular complexity index is 610. The molecule has 0 atom stereocenters. The molecule has 7 nitrogen and oxygen atoms in total. The van der Waals surface area contributed by atoms with Crippen LogP contribution < -0.4 is 14.8 Å². The third kappa shape index (κ3) is 4.55. The number of aliphatic imine (C=N–C) groups is 1. The summed E-state index contributed by atoms with van der Waals surface area (Å²) in [5.41, 5.74) is 0.993. The summed E-state index contributed by atoms with van der Waals surface area (Å²) in [5, 5.41) is 3.36. The zero-order valence-electron chi connectivity index (χ0n) is 15.4. The van der Waals surface area contributed by atoms with Crippen molar-refractivity contribution in [2.45, 2.75) is 19.4 Å². The number of ether oxygens (including phenoxy) is 3. The molecule has 1 fully saturated rings. The zero-order chi connectivity index (χ0) is 18.2. The maximum absolute atomic E-state index is 11.6. The highest BCUT2D eigenvalue weighted by atomic mass is 16.5. The minimum absolute atomic E-state index is 0.0159. The summed E-state index contributed by atoms with van der Waals surface area (Å²) in [6.07, 6.45) is 1.55. The fourth-order valence-corrected chi connectivity index (χ4v) is 3.09. The average molecular weight is 349 g/mol. The number of piperidine rings is 1. The summed E-state index contributed by atoms with van der Waals surface area (Å²) in [6.45, 7) is 2.12. The molecule has 0 aromatic heterocycles. The smallest absolute Gasteiger partial charge is 0.308 e. The molecule has 0 unspecified atom stereocenters. The van der Waals surface area contributed by atoms with Crippen molar-refractivity contribution in [3.8, 4) is 11.5 Å². The lowest BCUT2D eigenvalue weighted by Crippen LogP contribution is -2.46. The first-order valence-electron chi connectivity index (χ1n) is 8.37. The number of carbonyl (C=O) groups is 1. The molecular formula is C18H27N3O4. The monoisotopic (exact) mass is 349 g/mol. The van der Waals surface area contributed by atoms with Crippen molar-refractivity contribution in [2.75, 3.05) is 41.5 Å². The van der Waals surface area contributed by atoms with Gasteiger partial charge < -0.3 is 24.4 Å². The Hall–Kier alpha value is -2.44. The third-order valence-electron chi connectivity index (χ3n) is 4.46. The molecule has 1 aliphatic rings. The quantitative estimate of drug-likeness (QED) is 0.495. The number of hydrogen-bond donors (Lipinski definition) is 1. The van der Waals surface area contributed by atoms with E-state index in [2.05, 4.69) is 15.2 Å². The second kappa shape index (κ2) is 9.15. The molecule has 1 aromatic carbocycles. The Kier molecular flexibility index (Phi) is 6.91. The number of nitrogens with zero attached hydrogens (tertiary/aromatic N) is 2. The van der Waals surface area contributed by atoms with E-state index in [4.69, 9.17) is 14.2 Å². The summed E-state index contributed by atoms with van der Waals surface area (Å²) in [5.74, 6) is 2.10. The highest BCUT2D eigenvalue weighted by molar-refractivity contribution is 5.80. The Morgan fingerprint density at radius 3 is 2.52 bits per heavy atom. The Morgan fingerprint density at radius 2 is 1.96 bits per heavy atom.